The van der Waals surface area contributed by atoms with Gasteiger partial charge in [0.2, 0.25) is 0 Å². The van der Waals surface area contributed by atoms with Crippen molar-refractivity contribution in [3.63, 3.8) is 0 Å². The Morgan fingerprint density at radius 1 is 1.80 bits per heavy atom. The van der Waals surface area contributed by atoms with E-state index in [0.29, 0.717) is 0 Å². The summed E-state index contributed by atoms with van der Waals surface area (Å²) in [6.45, 7) is 2.61. The van der Waals surface area contributed by atoms with Crippen LogP contribution in [0.25, 0.3) is 0 Å². The Morgan fingerprint density at radius 2 is 2.30 bits per heavy atom. The third-order valence-corrected chi connectivity index (χ3v) is 1.94. The second-order valence-corrected chi connectivity index (χ2v) is 9.90. The Hall–Kier alpha value is 0.00688. The molecule has 0 saturated carbocycles. The highest BCUT2D eigenvalue weighted by molar-refractivity contribution is 7.44. The van der Waals surface area contributed by atoms with Crippen LogP contribution in [0.1, 0.15) is 0 Å². The lowest BCUT2D eigenvalue weighted by molar-refractivity contribution is -0.135. The highest BCUT2D eigenvalue weighted by Gasteiger charge is 2.22. The maximum absolute atomic E-state index is 10.4. The minimum atomic E-state index is -2.28. The zero-order valence-corrected chi connectivity index (χ0v) is 8.08. The minimum Gasteiger partial charge on any atom is -0.463 e. The van der Waals surface area contributed by atoms with E-state index >= 15 is 0 Å². The van der Waals surface area contributed by atoms with Crippen molar-refractivity contribution >= 4 is 34.8 Å². The molecule has 0 fully saturated rings. The summed E-state index contributed by atoms with van der Waals surface area (Å²) >= 11 is 11.3. The molecule has 0 atom stereocenters. The largest absolute Gasteiger partial charge is 0.463 e. The molecule has 0 aromatic heterocycles. The second-order valence-electron chi connectivity index (χ2n) is 1.88. The fraction of sp³-hybridized carbons (Fsp3) is 0.400. The summed E-state index contributed by atoms with van der Waals surface area (Å²) in [5.74, 6) is -0.486. The number of esters is 1. The van der Waals surface area contributed by atoms with Gasteiger partial charge in [0.15, 0.2) is 0 Å². The van der Waals surface area contributed by atoms with Crippen molar-refractivity contribution in [2.75, 3.05) is 6.23 Å². The predicted molar refractivity (Wildman–Crippen MR) is 44.5 cm³/mol. The maximum Gasteiger partial charge on any atom is 0.329 e. The molecule has 58 valence electrons. The van der Waals surface area contributed by atoms with Crippen LogP contribution in [-0.2, 0) is 9.53 Å². The van der Waals surface area contributed by atoms with Crippen LogP contribution in [0.4, 0.5) is 0 Å². The topological polar surface area (TPSA) is 26.3 Å². The Labute approximate surface area is 70.2 Å². The van der Waals surface area contributed by atoms with Gasteiger partial charge in [-0.25, -0.2) is 4.79 Å². The van der Waals surface area contributed by atoms with E-state index in [1.54, 1.807) is 6.55 Å². The van der Waals surface area contributed by atoms with Crippen LogP contribution < -0.4 is 0 Å². The number of carbonyl (C=O) groups is 1. The molecule has 0 bridgehead atoms. The van der Waals surface area contributed by atoms with Crippen molar-refractivity contribution in [3.8, 4) is 0 Å². The van der Waals surface area contributed by atoms with E-state index < -0.39 is 12.7 Å². The molecule has 0 aliphatic carbocycles. The molecule has 5 heteroatoms. The van der Waals surface area contributed by atoms with Crippen LogP contribution in [0.5, 0.6) is 0 Å². The molecule has 0 saturated heterocycles. The van der Waals surface area contributed by atoms with Gasteiger partial charge in [0, 0.05) is 6.08 Å². The van der Waals surface area contributed by atoms with E-state index in [4.69, 9.17) is 22.2 Å². The summed E-state index contributed by atoms with van der Waals surface area (Å²) in [6.07, 6.45) is 1.19. The smallest absolute Gasteiger partial charge is 0.329 e. The van der Waals surface area contributed by atoms with Crippen molar-refractivity contribution < 1.29 is 9.53 Å². The number of halogens is 2. The van der Waals surface area contributed by atoms with Gasteiger partial charge in [-0.1, -0.05) is 6.58 Å². The average molecular weight is 199 g/mol. The molecule has 0 rings (SSSR count). The van der Waals surface area contributed by atoms with Gasteiger partial charge in [-0.15, -0.1) is 22.2 Å². The van der Waals surface area contributed by atoms with Crippen LogP contribution in [0.15, 0.2) is 12.7 Å². The highest BCUT2D eigenvalue weighted by atomic mass is 35.7. The zero-order chi connectivity index (χ0) is 8.20. The Bertz CT molecular complexity index is 141. The molecule has 0 heterocycles. The van der Waals surface area contributed by atoms with Crippen molar-refractivity contribution in [2.24, 2.45) is 0 Å². The molecule has 0 aliphatic rings. The highest BCUT2D eigenvalue weighted by Crippen LogP contribution is 2.13. The summed E-state index contributed by atoms with van der Waals surface area (Å²) in [6, 6.07) is 0. The van der Waals surface area contributed by atoms with Gasteiger partial charge in [-0.05, 0) is 6.55 Å². The molecule has 0 spiro atoms. The number of hydrogen-bond donors (Lipinski definition) is 0. The van der Waals surface area contributed by atoms with E-state index in [1.165, 1.54) is 0 Å². The molecule has 0 aromatic rings. The van der Waals surface area contributed by atoms with Gasteiger partial charge in [0.25, 0.3) is 6.69 Å². The minimum absolute atomic E-state index is 0.112. The summed E-state index contributed by atoms with van der Waals surface area (Å²) in [5.41, 5.74) is 0. The maximum atomic E-state index is 10.4. The number of hydrogen-bond acceptors (Lipinski definition) is 2. The normalized spacial score (nSPS) is 10.7. The van der Waals surface area contributed by atoms with Gasteiger partial charge >= 0.3 is 5.97 Å². The quantitative estimate of drug-likeness (QED) is 0.300. The lowest BCUT2D eigenvalue weighted by Gasteiger charge is -2.08. The Balaban J connectivity index is 3.55. The summed E-state index contributed by atoms with van der Waals surface area (Å²) < 4.78 is 4.60. The van der Waals surface area contributed by atoms with Gasteiger partial charge < -0.3 is 4.74 Å². The van der Waals surface area contributed by atoms with Crippen LogP contribution in [0.3, 0.4) is 0 Å². The number of carbonyl (C=O) groups excluding carboxylic acids is 1. The van der Waals surface area contributed by atoms with Crippen molar-refractivity contribution in [2.45, 2.75) is 6.55 Å². The van der Waals surface area contributed by atoms with Gasteiger partial charge in [0.05, 0.1) is 0 Å². The molecule has 2 nitrogen and oxygen atoms in total. The van der Waals surface area contributed by atoms with E-state index in [0.717, 1.165) is 6.08 Å². The van der Waals surface area contributed by atoms with Gasteiger partial charge in [-0.2, -0.15) is 0 Å². The second kappa shape index (κ2) is 4.01. The lowest BCUT2D eigenvalue weighted by atomic mass is 10.7. The summed E-state index contributed by atoms with van der Waals surface area (Å²) in [5, 5.41) is 0. The molecule has 10 heavy (non-hydrogen) atoms. The standard InChI is InChI=1S/C5H8Cl2O2Si/c1-3-5(8)9-4-10(2,6)7/h3H,1,4H2,2H3. The summed E-state index contributed by atoms with van der Waals surface area (Å²) in [4.78, 5) is 10.4. The molecule has 0 aromatic carbocycles. The van der Waals surface area contributed by atoms with E-state index in [9.17, 15) is 4.79 Å². The molecular formula is C5H8Cl2O2Si. The molecule has 0 unspecified atom stereocenters. The van der Waals surface area contributed by atoms with Crippen molar-refractivity contribution in [1.82, 2.24) is 0 Å². The van der Waals surface area contributed by atoms with Crippen LogP contribution in [-0.4, -0.2) is 18.9 Å². The lowest BCUT2D eigenvalue weighted by Crippen LogP contribution is -2.24. The van der Waals surface area contributed by atoms with Crippen molar-refractivity contribution in [1.29, 1.82) is 0 Å². The first-order chi connectivity index (χ1) is 4.45. The number of ether oxygens (including phenoxy) is 1. The first-order valence-corrected chi connectivity index (χ1v) is 7.36. The van der Waals surface area contributed by atoms with Crippen LogP contribution >= 0.6 is 22.2 Å². The Kier molecular flexibility index (Phi) is 4.01. The third kappa shape index (κ3) is 6.13. The average Bonchev–Trinajstić information content (AvgIpc) is 1.81. The zero-order valence-electron chi connectivity index (χ0n) is 5.56. The van der Waals surface area contributed by atoms with Gasteiger partial charge in [0.1, 0.15) is 6.23 Å². The van der Waals surface area contributed by atoms with Crippen LogP contribution in [0, 0.1) is 0 Å². The first kappa shape index (κ1) is 10.0. The summed E-state index contributed by atoms with van der Waals surface area (Å²) in [7, 11) is 0. The molecule has 0 amide bonds. The monoisotopic (exact) mass is 198 g/mol. The Morgan fingerprint density at radius 3 is 2.60 bits per heavy atom. The third-order valence-electron chi connectivity index (χ3n) is 0.635. The van der Waals surface area contributed by atoms with Crippen LogP contribution in [0.2, 0.25) is 6.55 Å². The van der Waals surface area contributed by atoms with Crippen molar-refractivity contribution in [3.05, 3.63) is 12.7 Å². The first-order valence-electron chi connectivity index (χ1n) is 2.63. The molecule has 0 aliphatic heterocycles. The molecule has 0 radical (unpaired) electrons. The number of rotatable bonds is 3. The fourth-order valence-electron chi connectivity index (χ4n) is 0.257. The van der Waals surface area contributed by atoms with E-state index in [-0.39, 0.29) is 6.23 Å². The predicted octanol–water partition coefficient (Wildman–Crippen LogP) is 1.80. The fourth-order valence-corrected chi connectivity index (χ4v) is 0.980. The van der Waals surface area contributed by atoms with E-state index in [2.05, 4.69) is 11.3 Å². The van der Waals surface area contributed by atoms with Gasteiger partial charge in [-0.3, -0.25) is 0 Å². The molecule has 0 N–H and O–H groups in total. The molecular weight excluding hydrogens is 191 g/mol. The SMILES string of the molecule is C=CC(=O)OC[Si](C)(Cl)Cl. The van der Waals surface area contributed by atoms with E-state index in [1.807, 2.05) is 0 Å².